The molecule has 7 nitrogen and oxygen atoms in total. The first-order chi connectivity index (χ1) is 9.30. The predicted molar refractivity (Wildman–Crippen MR) is 66.0 cm³/mol. The zero-order chi connectivity index (χ0) is 15.3. The lowest BCUT2D eigenvalue weighted by Gasteiger charge is -2.14. The third-order valence-electron chi connectivity index (χ3n) is 2.44. The van der Waals surface area contributed by atoms with E-state index >= 15 is 0 Å². The molecule has 1 aromatic rings. The molecule has 0 aromatic heterocycles. The molecule has 1 amide bonds. The van der Waals surface area contributed by atoms with Gasteiger partial charge in [-0.3, -0.25) is 14.9 Å². The highest BCUT2D eigenvalue weighted by atomic mass is 19.3. The molecule has 0 aliphatic carbocycles. The number of carbonyl (C=O) groups is 1. The van der Waals surface area contributed by atoms with Gasteiger partial charge in [0, 0.05) is 17.7 Å². The van der Waals surface area contributed by atoms with Crippen LogP contribution in [0.15, 0.2) is 18.2 Å². The van der Waals surface area contributed by atoms with Crippen molar-refractivity contribution in [2.24, 2.45) is 5.73 Å². The molecule has 0 fully saturated rings. The number of ether oxygens (including phenoxy) is 1. The van der Waals surface area contributed by atoms with Crippen LogP contribution < -0.4 is 15.8 Å². The molecule has 0 saturated carbocycles. The first-order valence-electron chi connectivity index (χ1n) is 5.49. The molecule has 9 heteroatoms. The van der Waals surface area contributed by atoms with Crippen molar-refractivity contribution >= 4 is 11.6 Å². The van der Waals surface area contributed by atoms with Gasteiger partial charge in [0.15, 0.2) is 5.75 Å². The van der Waals surface area contributed by atoms with Gasteiger partial charge in [0.05, 0.1) is 25.1 Å². The van der Waals surface area contributed by atoms with Gasteiger partial charge in [0.25, 0.3) is 11.8 Å². The number of nitro groups is 1. The Morgan fingerprint density at radius 2 is 2.20 bits per heavy atom. The van der Waals surface area contributed by atoms with Gasteiger partial charge < -0.3 is 15.8 Å². The number of hydrogen-bond donors (Lipinski definition) is 2. The Bertz CT molecular complexity index is 522. The summed E-state index contributed by atoms with van der Waals surface area (Å²) < 4.78 is 30.6. The van der Waals surface area contributed by atoms with Gasteiger partial charge in [-0.2, -0.15) is 0 Å². The maximum Gasteiger partial charge on any atom is 0.310 e. The third-order valence-corrected chi connectivity index (χ3v) is 2.44. The summed E-state index contributed by atoms with van der Waals surface area (Å²) in [5.41, 5.74) is 4.48. The number of nitro benzene ring substituents is 1. The fourth-order valence-electron chi connectivity index (χ4n) is 1.35. The molecule has 0 aliphatic heterocycles. The molecule has 1 aromatic carbocycles. The molecule has 1 rings (SSSR count). The van der Waals surface area contributed by atoms with Gasteiger partial charge in [0.2, 0.25) is 0 Å². The van der Waals surface area contributed by atoms with E-state index in [-0.39, 0.29) is 17.0 Å². The lowest BCUT2D eigenvalue weighted by Crippen LogP contribution is -2.41. The van der Waals surface area contributed by atoms with Crippen LogP contribution in [0.2, 0.25) is 0 Å². The molecule has 20 heavy (non-hydrogen) atoms. The molecule has 0 saturated heterocycles. The van der Waals surface area contributed by atoms with Crippen LogP contribution >= 0.6 is 0 Å². The Hall–Kier alpha value is -2.29. The lowest BCUT2D eigenvalue weighted by molar-refractivity contribution is -0.385. The number of nitrogens with zero attached hydrogens (tertiary/aromatic N) is 1. The second-order valence-electron chi connectivity index (χ2n) is 3.89. The van der Waals surface area contributed by atoms with Gasteiger partial charge in [0.1, 0.15) is 0 Å². The van der Waals surface area contributed by atoms with Crippen molar-refractivity contribution in [3.8, 4) is 5.75 Å². The van der Waals surface area contributed by atoms with E-state index in [1.54, 1.807) is 0 Å². The minimum atomic E-state index is -3.21. The second-order valence-corrected chi connectivity index (χ2v) is 3.89. The summed E-state index contributed by atoms with van der Waals surface area (Å²) in [6.07, 6.45) is 0. The fraction of sp³-hybridized carbons (Fsp3) is 0.364. The fourth-order valence-corrected chi connectivity index (χ4v) is 1.35. The summed E-state index contributed by atoms with van der Waals surface area (Å²) in [5, 5.41) is 12.7. The molecule has 0 atom stereocenters. The molecule has 0 bridgehead atoms. The minimum Gasteiger partial charge on any atom is -0.490 e. The minimum absolute atomic E-state index is 0.0275. The van der Waals surface area contributed by atoms with Crippen LogP contribution in [0.5, 0.6) is 5.75 Å². The van der Waals surface area contributed by atoms with Gasteiger partial charge >= 0.3 is 5.69 Å². The van der Waals surface area contributed by atoms with Crippen LogP contribution in [-0.2, 0) is 0 Å². The molecular weight excluding hydrogens is 276 g/mol. The SMILES string of the molecule is COc1cc(C(=O)NCC(F)(F)CN)ccc1[N+](=O)[O-]. The zero-order valence-electron chi connectivity index (χ0n) is 10.6. The largest absolute Gasteiger partial charge is 0.490 e. The number of nitrogens with one attached hydrogen (secondary N) is 1. The van der Waals surface area contributed by atoms with E-state index in [0.717, 1.165) is 18.2 Å². The first kappa shape index (κ1) is 15.8. The van der Waals surface area contributed by atoms with Crippen molar-refractivity contribution in [1.29, 1.82) is 0 Å². The van der Waals surface area contributed by atoms with Gasteiger partial charge in [-0.15, -0.1) is 0 Å². The Morgan fingerprint density at radius 3 is 2.70 bits per heavy atom. The quantitative estimate of drug-likeness (QED) is 0.598. The summed E-state index contributed by atoms with van der Waals surface area (Å²) in [6, 6.07) is 3.32. The van der Waals surface area contributed by atoms with Crippen molar-refractivity contribution in [3.63, 3.8) is 0 Å². The highest BCUT2D eigenvalue weighted by Gasteiger charge is 2.27. The highest BCUT2D eigenvalue weighted by Crippen LogP contribution is 2.27. The number of halogens is 2. The molecule has 0 aliphatic rings. The van der Waals surface area contributed by atoms with Crippen LogP contribution in [0.25, 0.3) is 0 Å². The van der Waals surface area contributed by atoms with Crippen LogP contribution in [-0.4, -0.2) is 37.0 Å². The monoisotopic (exact) mass is 289 g/mol. The highest BCUT2D eigenvalue weighted by molar-refractivity contribution is 5.95. The number of alkyl halides is 2. The number of benzene rings is 1. The van der Waals surface area contributed by atoms with E-state index in [1.165, 1.54) is 7.11 Å². The number of rotatable bonds is 6. The molecule has 0 heterocycles. The standard InChI is InChI=1S/C11H13F2N3O4/c1-20-9-4-7(2-3-8(9)16(18)19)10(17)15-6-11(12,13)5-14/h2-4H,5-6,14H2,1H3,(H,15,17). The molecular formula is C11H13F2N3O4. The Kier molecular flexibility index (Phi) is 4.92. The van der Waals surface area contributed by atoms with Gasteiger partial charge in [-0.05, 0) is 6.07 Å². The lowest BCUT2D eigenvalue weighted by atomic mass is 10.1. The summed E-state index contributed by atoms with van der Waals surface area (Å²) in [4.78, 5) is 21.6. The molecule has 0 unspecified atom stereocenters. The van der Waals surface area contributed by atoms with E-state index in [1.807, 2.05) is 5.32 Å². The van der Waals surface area contributed by atoms with Gasteiger partial charge in [-0.1, -0.05) is 0 Å². The van der Waals surface area contributed by atoms with Crippen molar-refractivity contribution in [1.82, 2.24) is 5.32 Å². The molecule has 110 valence electrons. The maximum atomic E-state index is 12.9. The van der Waals surface area contributed by atoms with Crippen molar-refractivity contribution in [3.05, 3.63) is 33.9 Å². The van der Waals surface area contributed by atoms with Crippen molar-refractivity contribution in [2.75, 3.05) is 20.2 Å². The number of hydrogen-bond acceptors (Lipinski definition) is 5. The Morgan fingerprint density at radius 1 is 1.55 bits per heavy atom. The summed E-state index contributed by atoms with van der Waals surface area (Å²) >= 11 is 0. The molecule has 0 radical (unpaired) electrons. The average molecular weight is 289 g/mol. The summed E-state index contributed by atoms with van der Waals surface area (Å²) in [7, 11) is 1.20. The second kappa shape index (κ2) is 6.24. The number of methoxy groups -OCH3 is 1. The van der Waals surface area contributed by atoms with E-state index in [4.69, 9.17) is 10.5 Å². The van der Waals surface area contributed by atoms with Crippen LogP contribution in [0.3, 0.4) is 0 Å². The number of amides is 1. The smallest absolute Gasteiger partial charge is 0.310 e. The molecule has 0 spiro atoms. The Balaban J connectivity index is 2.87. The van der Waals surface area contributed by atoms with Crippen LogP contribution in [0.1, 0.15) is 10.4 Å². The van der Waals surface area contributed by atoms with Crippen molar-refractivity contribution < 1.29 is 23.2 Å². The number of nitrogens with two attached hydrogens (primary N) is 1. The summed E-state index contributed by atoms with van der Waals surface area (Å²) in [6.45, 7) is -1.81. The zero-order valence-corrected chi connectivity index (χ0v) is 10.6. The topological polar surface area (TPSA) is 107 Å². The average Bonchev–Trinajstić information content (AvgIpc) is 2.43. The van der Waals surface area contributed by atoms with Crippen LogP contribution in [0.4, 0.5) is 14.5 Å². The van der Waals surface area contributed by atoms with Crippen LogP contribution in [0, 0.1) is 10.1 Å². The predicted octanol–water partition coefficient (Wildman–Crippen LogP) is 0.927. The van der Waals surface area contributed by atoms with E-state index < -0.39 is 29.8 Å². The maximum absolute atomic E-state index is 12.9. The summed E-state index contributed by atoms with van der Waals surface area (Å²) in [5.74, 6) is -4.14. The Labute approximate surface area is 112 Å². The number of carbonyl (C=O) groups excluding carboxylic acids is 1. The van der Waals surface area contributed by atoms with Crippen molar-refractivity contribution in [2.45, 2.75) is 5.92 Å². The molecule has 3 N–H and O–H groups in total. The normalized spacial score (nSPS) is 11.0. The van der Waals surface area contributed by atoms with E-state index in [0.29, 0.717) is 0 Å². The third kappa shape index (κ3) is 3.85. The van der Waals surface area contributed by atoms with E-state index in [9.17, 15) is 23.7 Å². The van der Waals surface area contributed by atoms with E-state index in [2.05, 4.69) is 0 Å². The first-order valence-corrected chi connectivity index (χ1v) is 5.49. The van der Waals surface area contributed by atoms with Gasteiger partial charge in [-0.25, -0.2) is 8.78 Å².